The SMILES string of the molecule is CCCC(C)(C)C(=O)NCC(=O)NC(CC(C)C)B1CC2C(CC3CC2C3(C)C)O1. The van der Waals surface area contributed by atoms with Gasteiger partial charge < -0.3 is 15.3 Å². The van der Waals surface area contributed by atoms with Gasteiger partial charge in [0.15, 0.2) is 0 Å². The summed E-state index contributed by atoms with van der Waals surface area (Å²) in [5, 5.41) is 6.05. The molecular weight excluding hydrogens is 375 g/mol. The van der Waals surface area contributed by atoms with E-state index in [2.05, 4.69) is 45.3 Å². The fraction of sp³-hybridized carbons (Fsp3) is 0.917. The van der Waals surface area contributed by atoms with E-state index in [0.29, 0.717) is 23.4 Å². The highest BCUT2D eigenvalue weighted by Crippen LogP contribution is 2.64. The maximum atomic E-state index is 12.7. The summed E-state index contributed by atoms with van der Waals surface area (Å²) in [4.78, 5) is 25.1. The van der Waals surface area contributed by atoms with Crippen LogP contribution >= 0.6 is 0 Å². The molecule has 30 heavy (non-hydrogen) atoms. The van der Waals surface area contributed by atoms with E-state index >= 15 is 0 Å². The molecular formula is C24H43BN2O3. The molecule has 0 spiro atoms. The van der Waals surface area contributed by atoms with E-state index in [1.807, 2.05) is 13.8 Å². The van der Waals surface area contributed by atoms with Gasteiger partial charge in [-0.2, -0.15) is 0 Å². The molecule has 2 N–H and O–H groups in total. The number of nitrogens with one attached hydrogen (secondary N) is 2. The summed E-state index contributed by atoms with van der Waals surface area (Å²) >= 11 is 0. The van der Waals surface area contributed by atoms with Crippen molar-refractivity contribution in [2.24, 2.45) is 34.5 Å². The topological polar surface area (TPSA) is 67.4 Å². The molecule has 4 fully saturated rings. The second-order valence-corrected chi connectivity index (χ2v) is 11.8. The molecule has 4 aliphatic rings. The van der Waals surface area contributed by atoms with E-state index in [0.717, 1.165) is 37.4 Å². The van der Waals surface area contributed by atoms with Crippen LogP contribution < -0.4 is 10.6 Å². The largest absolute Gasteiger partial charge is 0.431 e. The third-order valence-electron chi connectivity index (χ3n) is 8.33. The lowest BCUT2D eigenvalue weighted by molar-refractivity contribution is -0.136. The standard InChI is InChI=1S/C24H43BN2O3/c1-8-9-23(4,5)22(29)26-14-21(28)27-20(10-15(2)3)25-13-17-18-11-16(24(18,6)7)12-19(17)30-25/h15-20H,8-14H2,1-7H3,(H,26,29)(H,27,28). The maximum Gasteiger partial charge on any atom is 0.316 e. The highest BCUT2D eigenvalue weighted by molar-refractivity contribution is 6.55. The fourth-order valence-electron chi connectivity index (χ4n) is 6.38. The molecule has 4 rings (SSSR count). The smallest absolute Gasteiger partial charge is 0.316 e. The van der Waals surface area contributed by atoms with Crippen LogP contribution in [0.4, 0.5) is 0 Å². The summed E-state index contributed by atoms with van der Waals surface area (Å²) in [7, 11) is 0. The Morgan fingerprint density at radius 2 is 1.93 bits per heavy atom. The third kappa shape index (κ3) is 4.73. The third-order valence-corrected chi connectivity index (χ3v) is 8.33. The van der Waals surface area contributed by atoms with Crippen LogP contribution in [0.1, 0.15) is 80.6 Å². The maximum absolute atomic E-state index is 12.7. The van der Waals surface area contributed by atoms with Gasteiger partial charge in [-0.1, -0.05) is 54.9 Å². The van der Waals surface area contributed by atoms with E-state index in [-0.39, 0.29) is 31.2 Å². The quantitative estimate of drug-likeness (QED) is 0.555. The molecule has 0 radical (unpaired) electrons. The van der Waals surface area contributed by atoms with Gasteiger partial charge in [-0.05, 0) is 61.1 Å². The number of hydrogen-bond donors (Lipinski definition) is 2. The van der Waals surface area contributed by atoms with E-state index < -0.39 is 5.41 Å². The minimum Gasteiger partial charge on any atom is -0.431 e. The first kappa shape index (κ1) is 23.6. The Hall–Kier alpha value is -1.04. The van der Waals surface area contributed by atoms with Gasteiger partial charge in [-0.25, -0.2) is 0 Å². The van der Waals surface area contributed by atoms with Crippen molar-refractivity contribution in [3.63, 3.8) is 0 Å². The van der Waals surface area contributed by atoms with Crippen molar-refractivity contribution in [2.75, 3.05) is 6.54 Å². The molecule has 2 bridgehead atoms. The van der Waals surface area contributed by atoms with Gasteiger partial charge in [0, 0.05) is 17.5 Å². The van der Waals surface area contributed by atoms with Crippen molar-refractivity contribution in [2.45, 2.75) is 98.9 Å². The molecule has 170 valence electrons. The lowest BCUT2D eigenvalue weighted by Gasteiger charge is -2.61. The summed E-state index contributed by atoms with van der Waals surface area (Å²) in [5.41, 5.74) is 0.00993. The molecule has 1 heterocycles. The predicted molar refractivity (Wildman–Crippen MR) is 122 cm³/mol. The van der Waals surface area contributed by atoms with Gasteiger partial charge in [0.25, 0.3) is 0 Å². The summed E-state index contributed by atoms with van der Waals surface area (Å²) < 4.78 is 6.53. The van der Waals surface area contributed by atoms with Gasteiger partial charge in [-0.15, -0.1) is 0 Å². The lowest BCUT2D eigenvalue weighted by Crippen LogP contribution is -2.56. The number of carbonyl (C=O) groups excluding carboxylic acids is 2. The van der Waals surface area contributed by atoms with Crippen LogP contribution in [0, 0.1) is 34.5 Å². The van der Waals surface area contributed by atoms with Crippen molar-refractivity contribution in [3.8, 4) is 0 Å². The van der Waals surface area contributed by atoms with Crippen LogP contribution in [-0.4, -0.2) is 37.3 Å². The Labute approximate surface area is 184 Å². The zero-order valence-corrected chi connectivity index (χ0v) is 20.2. The Balaban J connectivity index is 1.56. The molecule has 1 saturated heterocycles. The molecule has 3 aliphatic carbocycles. The summed E-state index contributed by atoms with van der Waals surface area (Å²) in [5.74, 6) is 2.53. The van der Waals surface area contributed by atoms with Crippen molar-refractivity contribution in [1.82, 2.24) is 10.6 Å². The summed E-state index contributed by atoms with van der Waals surface area (Å²) in [6.07, 6.45) is 6.62. The summed E-state index contributed by atoms with van der Waals surface area (Å²) in [6, 6.07) is 0. The van der Waals surface area contributed by atoms with Gasteiger partial charge in [0.1, 0.15) is 0 Å². The fourth-order valence-corrected chi connectivity index (χ4v) is 6.38. The van der Waals surface area contributed by atoms with Gasteiger partial charge in [0.2, 0.25) is 11.8 Å². The zero-order chi connectivity index (χ0) is 22.3. The molecule has 3 saturated carbocycles. The highest BCUT2D eigenvalue weighted by Gasteiger charge is 2.61. The molecule has 5 nitrogen and oxygen atoms in total. The Morgan fingerprint density at radius 1 is 1.23 bits per heavy atom. The Kier molecular flexibility index (Phi) is 6.96. The van der Waals surface area contributed by atoms with Crippen LogP contribution in [0.15, 0.2) is 0 Å². The van der Waals surface area contributed by atoms with E-state index in [1.54, 1.807) is 0 Å². The van der Waals surface area contributed by atoms with Crippen LogP contribution in [0.3, 0.4) is 0 Å². The number of hydrogen-bond acceptors (Lipinski definition) is 3. The number of rotatable bonds is 9. The van der Waals surface area contributed by atoms with Gasteiger partial charge in [0.05, 0.1) is 6.54 Å². The predicted octanol–water partition coefficient (Wildman–Crippen LogP) is 4.07. The first-order valence-electron chi connectivity index (χ1n) is 12.2. The first-order valence-corrected chi connectivity index (χ1v) is 12.2. The van der Waals surface area contributed by atoms with E-state index in [4.69, 9.17) is 4.65 Å². The first-order chi connectivity index (χ1) is 14.0. The Morgan fingerprint density at radius 3 is 2.53 bits per heavy atom. The van der Waals surface area contributed by atoms with Crippen LogP contribution in [-0.2, 0) is 14.2 Å². The van der Waals surface area contributed by atoms with Crippen LogP contribution in [0.25, 0.3) is 0 Å². The average molecular weight is 418 g/mol. The van der Waals surface area contributed by atoms with Crippen molar-refractivity contribution in [1.29, 1.82) is 0 Å². The second kappa shape index (κ2) is 8.84. The van der Waals surface area contributed by atoms with Gasteiger partial charge in [-0.3, -0.25) is 9.59 Å². The summed E-state index contributed by atoms with van der Waals surface area (Å²) in [6.45, 7) is 15.3. The number of carbonyl (C=O) groups is 2. The van der Waals surface area contributed by atoms with Crippen molar-refractivity contribution in [3.05, 3.63) is 0 Å². The molecule has 0 aromatic heterocycles. The minimum absolute atomic E-state index is 0.0176. The molecule has 2 amide bonds. The van der Waals surface area contributed by atoms with Gasteiger partial charge >= 0.3 is 6.92 Å². The second-order valence-electron chi connectivity index (χ2n) is 11.8. The Bertz CT molecular complexity index is 648. The normalized spacial score (nSPS) is 30.5. The molecule has 0 aromatic rings. The number of amides is 2. The lowest BCUT2D eigenvalue weighted by atomic mass is 9.42. The average Bonchev–Trinajstić information content (AvgIpc) is 3.09. The molecule has 0 aromatic carbocycles. The van der Waals surface area contributed by atoms with E-state index in [9.17, 15) is 9.59 Å². The van der Waals surface area contributed by atoms with Crippen molar-refractivity contribution >= 4 is 18.7 Å². The molecule has 1 aliphatic heterocycles. The molecule has 5 atom stereocenters. The monoisotopic (exact) mass is 418 g/mol. The van der Waals surface area contributed by atoms with Crippen LogP contribution in [0.5, 0.6) is 0 Å². The zero-order valence-electron chi connectivity index (χ0n) is 20.2. The minimum atomic E-state index is -0.440. The van der Waals surface area contributed by atoms with E-state index in [1.165, 1.54) is 12.8 Å². The van der Waals surface area contributed by atoms with Crippen molar-refractivity contribution < 1.29 is 14.2 Å². The highest BCUT2D eigenvalue weighted by atomic mass is 16.5. The molecule has 5 unspecified atom stereocenters. The van der Waals surface area contributed by atoms with Crippen LogP contribution in [0.2, 0.25) is 6.32 Å². The molecule has 6 heteroatoms.